The molecule has 0 radical (unpaired) electrons. The first-order valence-electron chi connectivity index (χ1n) is 8.13. The van der Waals surface area contributed by atoms with E-state index in [-0.39, 0.29) is 24.1 Å². The lowest BCUT2D eigenvalue weighted by molar-refractivity contribution is -0.131. The number of amides is 1. The highest BCUT2D eigenvalue weighted by Crippen LogP contribution is 2.21. The van der Waals surface area contributed by atoms with Gasteiger partial charge in [-0.1, -0.05) is 6.07 Å². The van der Waals surface area contributed by atoms with E-state index in [4.69, 9.17) is 4.74 Å². The predicted octanol–water partition coefficient (Wildman–Crippen LogP) is 2.76. The normalized spacial score (nSPS) is 23.1. The van der Waals surface area contributed by atoms with Crippen molar-refractivity contribution in [2.45, 2.75) is 44.2 Å². The van der Waals surface area contributed by atoms with Crippen molar-refractivity contribution in [3.63, 3.8) is 0 Å². The van der Waals surface area contributed by atoms with Crippen LogP contribution in [0.3, 0.4) is 0 Å². The van der Waals surface area contributed by atoms with Crippen molar-refractivity contribution >= 4 is 18.3 Å². The highest BCUT2D eigenvalue weighted by molar-refractivity contribution is 5.85. The lowest BCUT2D eigenvalue weighted by Crippen LogP contribution is -2.39. The number of nitrogens with one attached hydrogen (secondary N) is 1. The lowest BCUT2D eigenvalue weighted by Gasteiger charge is -2.24. The number of carbonyl (C=O) groups excluding carboxylic acids is 1. The first-order valence-corrected chi connectivity index (χ1v) is 8.13. The summed E-state index contributed by atoms with van der Waals surface area (Å²) in [6.07, 6.45) is 4.63. The van der Waals surface area contributed by atoms with Gasteiger partial charge < -0.3 is 15.0 Å². The van der Waals surface area contributed by atoms with Gasteiger partial charge in [0.1, 0.15) is 11.6 Å². The summed E-state index contributed by atoms with van der Waals surface area (Å²) in [5.74, 6) is 0.418. The molecule has 6 heteroatoms. The molecule has 1 amide bonds. The molecule has 23 heavy (non-hydrogen) atoms. The largest absolute Gasteiger partial charge is 0.493 e. The van der Waals surface area contributed by atoms with Gasteiger partial charge in [-0.3, -0.25) is 4.79 Å². The summed E-state index contributed by atoms with van der Waals surface area (Å²) in [5, 5.41) is 3.58. The molecule has 0 aliphatic carbocycles. The van der Waals surface area contributed by atoms with Gasteiger partial charge in [-0.15, -0.1) is 12.4 Å². The monoisotopic (exact) mass is 342 g/mol. The van der Waals surface area contributed by atoms with Crippen LogP contribution in [0, 0.1) is 5.82 Å². The third-order valence-electron chi connectivity index (χ3n) is 4.48. The number of benzene rings is 1. The molecule has 128 valence electrons. The molecule has 4 nitrogen and oxygen atoms in total. The maximum Gasteiger partial charge on any atom is 0.222 e. The van der Waals surface area contributed by atoms with Gasteiger partial charge in [-0.2, -0.15) is 0 Å². The minimum Gasteiger partial charge on any atom is -0.493 e. The average Bonchev–Trinajstić information content (AvgIpc) is 2.83. The van der Waals surface area contributed by atoms with Crippen molar-refractivity contribution in [3.8, 4) is 5.75 Å². The van der Waals surface area contributed by atoms with E-state index in [1.165, 1.54) is 25.0 Å². The summed E-state index contributed by atoms with van der Waals surface area (Å²) in [4.78, 5) is 14.3. The zero-order valence-electron chi connectivity index (χ0n) is 13.2. The third kappa shape index (κ3) is 5.08. The van der Waals surface area contributed by atoms with Crippen molar-refractivity contribution in [1.82, 2.24) is 10.2 Å². The Labute approximate surface area is 142 Å². The van der Waals surface area contributed by atoms with Crippen molar-refractivity contribution in [3.05, 3.63) is 30.1 Å². The molecule has 3 rings (SSSR count). The molecule has 2 unspecified atom stereocenters. The van der Waals surface area contributed by atoms with E-state index in [2.05, 4.69) is 5.32 Å². The standard InChI is InChI=1S/C17H23FN2O2.ClH/c18-13-3-1-4-16(11-13)22-10-2-5-17(21)20-9-8-14-6-7-15(12-20)19-14;/h1,3-4,11,14-15,19H,2,5-10,12H2;1H. The molecular formula is C17H24ClFN2O2. The van der Waals surface area contributed by atoms with Gasteiger partial charge in [-0.05, 0) is 37.8 Å². The second-order valence-electron chi connectivity index (χ2n) is 6.18. The summed E-state index contributed by atoms with van der Waals surface area (Å²) in [6, 6.07) is 7.16. The quantitative estimate of drug-likeness (QED) is 0.837. The van der Waals surface area contributed by atoms with Crippen LogP contribution < -0.4 is 10.1 Å². The fraction of sp³-hybridized carbons (Fsp3) is 0.588. The minimum absolute atomic E-state index is 0. The number of likely N-dealkylation sites (tertiary alicyclic amines) is 1. The van der Waals surface area contributed by atoms with E-state index in [1.807, 2.05) is 4.90 Å². The molecule has 2 saturated heterocycles. The van der Waals surface area contributed by atoms with Crippen LogP contribution in [-0.4, -0.2) is 42.6 Å². The van der Waals surface area contributed by atoms with Crippen LogP contribution >= 0.6 is 12.4 Å². The molecular weight excluding hydrogens is 319 g/mol. The molecule has 1 aromatic carbocycles. The van der Waals surface area contributed by atoms with Gasteiger partial charge in [0.05, 0.1) is 6.61 Å². The van der Waals surface area contributed by atoms with E-state index in [0.29, 0.717) is 37.3 Å². The summed E-state index contributed by atoms with van der Waals surface area (Å²) in [7, 11) is 0. The molecule has 0 aromatic heterocycles. The number of hydrogen-bond donors (Lipinski definition) is 1. The van der Waals surface area contributed by atoms with Gasteiger partial charge in [0.25, 0.3) is 0 Å². The Kier molecular flexibility index (Phi) is 6.66. The highest BCUT2D eigenvalue weighted by Gasteiger charge is 2.30. The predicted molar refractivity (Wildman–Crippen MR) is 89.5 cm³/mol. The molecule has 2 heterocycles. The molecule has 0 saturated carbocycles. The number of hydrogen-bond acceptors (Lipinski definition) is 3. The summed E-state index contributed by atoms with van der Waals surface area (Å²) >= 11 is 0. The van der Waals surface area contributed by atoms with Gasteiger partial charge in [-0.25, -0.2) is 4.39 Å². The fourth-order valence-corrected chi connectivity index (χ4v) is 3.30. The maximum absolute atomic E-state index is 13.0. The van der Waals surface area contributed by atoms with E-state index in [1.54, 1.807) is 12.1 Å². The molecule has 2 bridgehead atoms. The molecule has 2 fully saturated rings. The molecule has 0 spiro atoms. The van der Waals surface area contributed by atoms with Crippen LogP contribution in [0.5, 0.6) is 5.75 Å². The van der Waals surface area contributed by atoms with Crippen molar-refractivity contribution < 1.29 is 13.9 Å². The first-order chi connectivity index (χ1) is 10.7. The second kappa shape index (κ2) is 8.50. The first kappa shape index (κ1) is 18.0. The van der Waals surface area contributed by atoms with Crippen LogP contribution in [-0.2, 0) is 4.79 Å². The Morgan fingerprint density at radius 1 is 1.30 bits per heavy atom. The second-order valence-corrected chi connectivity index (χ2v) is 6.18. The summed E-state index contributed by atoms with van der Waals surface area (Å²) < 4.78 is 18.5. The minimum atomic E-state index is -0.305. The number of fused-ring (bicyclic) bond motifs is 2. The van der Waals surface area contributed by atoms with E-state index >= 15 is 0 Å². The Hall–Kier alpha value is -1.33. The fourth-order valence-electron chi connectivity index (χ4n) is 3.30. The Morgan fingerprint density at radius 3 is 2.96 bits per heavy atom. The lowest BCUT2D eigenvalue weighted by atomic mass is 10.1. The van der Waals surface area contributed by atoms with Crippen LogP contribution in [0.15, 0.2) is 24.3 Å². The topological polar surface area (TPSA) is 41.6 Å². The maximum atomic E-state index is 13.0. The van der Waals surface area contributed by atoms with Gasteiger partial charge >= 0.3 is 0 Å². The molecule has 1 N–H and O–H groups in total. The third-order valence-corrected chi connectivity index (χ3v) is 4.48. The summed E-state index contributed by atoms with van der Waals surface area (Å²) in [5.41, 5.74) is 0. The number of ether oxygens (including phenoxy) is 1. The van der Waals surface area contributed by atoms with Gasteiger partial charge in [0.2, 0.25) is 5.91 Å². The number of rotatable bonds is 5. The molecule has 2 aliphatic rings. The zero-order valence-corrected chi connectivity index (χ0v) is 14.0. The molecule has 2 atom stereocenters. The van der Waals surface area contributed by atoms with Crippen molar-refractivity contribution in [2.24, 2.45) is 0 Å². The summed E-state index contributed by atoms with van der Waals surface area (Å²) in [6.45, 7) is 2.13. The number of halogens is 2. The highest BCUT2D eigenvalue weighted by atomic mass is 35.5. The SMILES string of the molecule is Cl.O=C(CCCOc1cccc(F)c1)N1CCC2CCC(C1)N2. The van der Waals surface area contributed by atoms with Crippen LogP contribution in [0.25, 0.3) is 0 Å². The van der Waals surface area contributed by atoms with E-state index in [0.717, 1.165) is 19.5 Å². The van der Waals surface area contributed by atoms with Crippen LogP contribution in [0.1, 0.15) is 32.1 Å². The van der Waals surface area contributed by atoms with E-state index < -0.39 is 0 Å². The van der Waals surface area contributed by atoms with Gasteiger partial charge in [0, 0.05) is 37.7 Å². The van der Waals surface area contributed by atoms with Gasteiger partial charge in [0.15, 0.2) is 0 Å². The van der Waals surface area contributed by atoms with Crippen LogP contribution in [0.2, 0.25) is 0 Å². The zero-order chi connectivity index (χ0) is 15.4. The van der Waals surface area contributed by atoms with Crippen molar-refractivity contribution in [2.75, 3.05) is 19.7 Å². The number of nitrogens with zero attached hydrogens (tertiary/aromatic N) is 1. The average molecular weight is 343 g/mol. The molecule has 1 aromatic rings. The van der Waals surface area contributed by atoms with Crippen molar-refractivity contribution in [1.29, 1.82) is 0 Å². The van der Waals surface area contributed by atoms with E-state index in [9.17, 15) is 9.18 Å². The smallest absolute Gasteiger partial charge is 0.222 e. The Bertz CT molecular complexity index is 529. The Balaban J connectivity index is 0.00000192. The number of carbonyl (C=O) groups is 1. The van der Waals surface area contributed by atoms with Crippen LogP contribution in [0.4, 0.5) is 4.39 Å². The Morgan fingerprint density at radius 2 is 2.13 bits per heavy atom. The molecule has 2 aliphatic heterocycles.